The van der Waals surface area contributed by atoms with E-state index in [1.165, 1.54) is 7.05 Å². The van der Waals surface area contributed by atoms with Gasteiger partial charge in [0.1, 0.15) is 7.05 Å². The molecule has 2 N–H and O–H groups in total. The third-order valence-corrected chi connectivity index (χ3v) is 3.94. The highest BCUT2D eigenvalue weighted by atomic mass is 16.2. The maximum Gasteiger partial charge on any atom is 0.378 e. The van der Waals surface area contributed by atoms with Crippen LogP contribution in [-0.4, -0.2) is 43.6 Å². The zero-order chi connectivity index (χ0) is 16.7. The zero-order valence-electron chi connectivity index (χ0n) is 12.7. The Bertz CT molecular complexity index is 915. The maximum absolute atomic E-state index is 12.6. The number of rotatable bonds is 3. The van der Waals surface area contributed by atoms with Gasteiger partial charge in [0.15, 0.2) is 5.82 Å². The van der Waals surface area contributed by atoms with Gasteiger partial charge in [-0.05, 0) is 24.3 Å². The second-order valence-electron chi connectivity index (χ2n) is 5.52. The molecule has 4 rings (SSSR count). The van der Waals surface area contributed by atoms with Crippen LogP contribution in [0.15, 0.2) is 48.8 Å². The molecule has 3 aromatic rings. The first-order chi connectivity index (χ1) is 11.6. The van der Waals surface area contributed by atoms with Gasteiger partial charge < -0.3 is 0 Å². The fourth-order valence-corrected chi connectivity index (χ4v) is 2.68. The number of amides is 2. The first-order valence-electron chi connectivity index (χ1n) is 7.26. The molecule has 0 saturated carbocycles. The average Bonchev–Trinajstić information content (AvgIpc) is 3.15. The number of quaternary nitrogens is 1. The number of anilines is 1. The summed E-state index contributed by atoms with van der Waals surface area (Å²) in [6, 6.07) is 10.3. The highest BCUT2D eigenvalue weighted by Gasteiger charge is 2.52. The van der Waals surface area contributed by atoms with Gasteiger partial charge in [-0.25, -0.2) is 9.59 Å². The second-order valence-corrected chi connectivity index (χ2v) is 5.52. The molecule has 8 heteroatoms. The van der Waals surface area contributed by atoms with E-state index in [-0.39, 0.29) is 17.8 Å². The summed E-state index contributed by atoms with van der Waals surface area (Å²) in [5, 5.41) is 6.81. The molecule has 1 aliphatic rings. The molecule has 2 amide bonds. The Labute approximate surface area is 136 Å². The molecule has 0 bridgehead atoms. The normalized spacial score (nSPS) is 15.4. The zero-order valence-corrected chi connectivity index (χ0v) is 12.7. The number of aromatic nitrogens is 4. The predicted octanol–water partition coefficient (Wildman–Crippen LogP) is 1.63. The summed E-state index contributed by atoms with van der Waals surface area (Å²) in [6.07, 6.45) is 3.30. The number of nitrogens with one attached hydrogen (secondary N) is 2. The van der Waals surface area contributed by atoms with Crippen LogP contribution in [0, 0.1) is 0 Å². The average molecular weight is 321 g/mol. The van der Waals surface area contributed by atoms with Gasteiger partial charge in [-0.2, -0.15) is 10.4 Å². The minimum absolute atomic E-state index is 0.158. The van der Waals surface area contributed by atoms with Gasteiger partial charge in [-0.3, -0.25) is 10.1 Å². The van der Waals surface area contributed by atoms with E-state index in [4.69, 9.17) is 0 Å². The van der Waals surface area contributed by atoms with Crippen LogP contribution in [0.2, 0.25) is 0 Å². The highest BCUT2D eigenvalue weighted by molar-refractivity contribution is 6.14. The summed E-state index contributed by atoms with van der Waals surface area (Å²) in [4.78, 5) is 33.5. The molecule has 3 heterocycles. The molecule has 0 saturated heterocycles. The number of hydrogen-bond donors (Lipinski definition) is 2. The molecular formula is C16H13N6O2+. The topological polar surface area (TPSA) is 101 Å². The summed E-state index contributed by atoms with van der Waals surface area (Å²) < 4.78 is -0.635. The molecule has 0 unspecified atom stereocenters. The lowest BCUT2D eigenvalue weighted by molar-refractivity contribution is -0.715. The Balaban J connectivity index is 1.66. The lowest BCUT2D eigenvalue weighted by Crippen LogP contribution is -2.53. The van der Waals surface area contributed by atoms with Crippen LogP contribution >= 0.6 is 0 Å². The van der Waals surface area contributed by atoms with Gasteiger partial charge in [-0.15, -0.1) is 5.10 Å². The molecule has 8 nitrogen and oxygen atoms in total. The van der Waals surface area contributed by atoms with E-state index in [0.717, 1.165) is 5.56 Å². The van der Waals surface area contributed by atoms with E-state index >= 15 is 0 Å². The minimum Gasteiger partial charge on any atom is -0.264 e. The predicted molar refractivity (Wildman–Crippen MR) is 84.5 cm³/mol. The van der Waals surface area contributed by atoms with Crippen LogP contribution in [0.5, 0.6) is 0 Å². The van der Waals surface area contributed by atoms with Gasteiger partial charge in [-0.1, -0.05) is 16.7 Å². The van der Waals surface area contributed by atoms with Crippen molar-refractivity contribution in [1.82, 2.24) is 20.2 Å². The summed E-state index contributed by atoms with van der Waals surface area (Å²) in [6.45, 7) is 0. The van der Waals surface area contributed by atoms with Crippen molar-refractivity contribution in [2.24, 2.45) is 0 Å². The van der Waals surface area contributed by atoms with Crippen LogP contribution in [0.4, 0.5) is 5.95 Å². The number of H-pyrrole nitrogens is 1. The van der Waals surface area contributed by atoms with Crippen LogP contribution in [0.1, 0.15) is 20.7 Å². The van der Waals surface area contributed by atoms with Crippen molar-refractivity contribution < 1.29 is 14.2 Å². The molecular weight excluding hydrogens is 308 g/mol. The van der Waals surface area contributed by atoms with Crippen molar-refractivity contribution in [1.29, 1.82) is 0 Å². The van der Waals surface area contributed by atoms with Crippen molar-refractivity contribution in [2.45, 2.75) is 0 Å². The fraction of sp³-hybridized carbons (Fsp3) is 0.0625. The van der Waals surface area contributed by atoms with Crippen molar-refractivity contribution in [3.05, 3.63) is 59.9 Å². The number of imide groups is 1. The lowest BCUT2D eigenvalue weighted by atomic mass is 10.1. The van der Waals surface area contributed by atoms with E-state index < -0.39 is 4.59 Å². The van der Waals surface area contributed by atoms with Crippen LogP contribution < -0.4 is 5.43 Å². The molecule has 0 atom stereocenters. The summed E-state index contributed by atoms with van der Waals surface area (Å²) in [5.74, 6) is -0.0358. The van der Waals surface area contributed by atoms with E-state index in [1.54, 1.807) is 42.7 Å². The van der Waals surface area contributed by atoms with Crippen LogP contribution in [-0.2, 0) is 0 Å². The number of carbonyl (C=O) groups is 2. The molecule has 0 spiro atoms. The smallest absolute Gasteiger partial charge is 0.264 e. The number of nitrogens with zero attached hydrogens (tertiary/aromatic N) is 4. The number of hydrogen-bond acceptors (Lipinski definition) is 6. The Morgan fingerprint density at radius 3 is 2.38 bits per heavy atom. The molecule has 118 valence electrons. The summed E-state index contributed by atoms with van der Waals surface area (Å²) >= 11 is 0. The maximum atomic E-state index is 12.6. The summed E-state index contributed by atoms with van der Waals surface area (Å²) in [7, 11) is 1.49. The lowest BCUT2D eigenvalue weighted by Gasteiger charge is -2.21. The van der Waals surface area contributed by atoms with Gasteiger partial charge in [0.05, 0.1) is 11.1 Å². The standard InChI is InChI=1S/C16H13N6O2/c1-22(14(23)11-6-2-3-7-12(11)15(22)24)21-16-18-13(19-20-16)10-5-4-8-17-9-10/h2-9H,1H3,(H2,18,19,20,21)/q+1. The molecule has 2 aromatic heterocycles. The Morgan fingerprint density at radius 1 is 1.04 bits per heavy atom. The minimum atomic E-state index is -0.635. The molecule has 1 aromatic carbocycles. The van der Waals surface area contributed by atoms with Crippen LogP contribution in [0.25, 0.3) is 11.4 Å². The fourth-order valence-electron chi connectivity index (χ4n) is 2.68. The number of carbonyl (C=O) groups excluding carboxylic acids is 2. The highest BCUT2D eigenvalue weighted by Crippen LogP contribution is 2.28. The first-order valence-corrected chi connectivity index (χ1v) is 7.26. The Morgan fingerprint density at radius 2 is 1.75 bits per heavy atom. The van der Waals surface area contributed by atoms with Crippen LogP contribution in [0.3, 0.4) is 0 Å². The third-order valence-electron chi connectivity index (χ3n) is 3.94. The number of benzene rings is 1. The monoisotopic (exact) mass is 321 g/mol. The van der Waals surface area contributed by atoms with Gasteiger partial charge >= 0.3 is 11.8 Å². The van der Waals surface area contributed by atoms with E-state index in [1.807, 2.05) is 6.07 Å². The second kappa shape index (κ2) is 5.07. The quantitative estimate of drug-likeness (QED) is 0.562. The number of pyridine rings is 1. The summed E-state index contributed by atoms with van der Waals surface area (Å²) in [5.41, 5.74) is 4.35. The van der Waals surface area contributed by atoms with Crippen molar-refractivity contribution >= 4 is 17.8 Å². The van der Waals surface area contributed by atoms with E-state index in [2.05, 4.69) is 25.6 Å². The van der Waals surface area contributed by atoms with E-state index in [9.17, 15) is 9.59 Å². The van der Waals surface area contributed by atoms with Crippen molar-refractivity contribution in [3.63, 3.8) is 0 Å². The van der Waals surface area contributed by atoms with Crippen molar-refractivity contribution in [3.8, 4) is 11.4 Å². The first kappa shape index (κ1) is 14.2. The van der Waals surface area contributed by atoms with E-state index in [0.29, 0.717) is 17.0 Å². The Hall–Kier alpha value is -3.39. The molecule has 24 heavy (non-hydrogen) atoms. The molecule has 0 radical (unpaired) electrons. The molecule has 1 aliphatic heterocycles. The van der Waals surface area contributed by atoms with Gasteiger partial charge in [0.25, 0.3) is 5.95 Å². The van der Waals surface area contributed by atoms with Gasteiger partial charge in [0, 0.05) is 18.0 Å². The Kier molecular flexibility index (Phi) is 3.00. The number of aromatic amines is 1. The number of fused-ring (bicyclic) bond motifs is 1. The SMILES string of the molecule is C[N+]1(Nc2n[nH]c(-c3cccnc3)n2)C(=O)c2ccccc2C1=O. The van der Waals surface area contributed by atoms with Gasteiger partial charge in [0.2, 0.25) is 0 Å². The van der Waals surface area contributed by atoms with Crippen molar-refractivity contribution in [2.75, 3.05) is 12.5 Å². The third kappa shape index (κ3) is 2.01. The molecule has 0 fully saturated rings. The largest absolute Gasteiger partial charge is 0.378 e. The molecule has 0 aliphatic carbocycles.